The van der Waals surface area contributed by atoms with Gasteiger partial charge in [-0.15, -0.1) is 0 Å². The Morgan fingerprint density at radius 1 is 0.358 bits per heavy atom. The van der Waals surface area contributed by atoms with Crippen LogP contribution in [0.4, 0.5) is 0 Å². The Kier molecular flexibility index (Phi) is 150. The Hall–Kier alpha value is 1.98. The van der Waals surface area contributed by atoms with Crippen LogP contribution in [0.1, 0.15) is 259 Å². The Morgan fingerprint density at radius 2 is 0.667 bits per heavy atom. The molecule has 0 bridgehead atoms. The molecule has 3 unspecified atom stereocenters. The van der Waals surface area contributed by atoms with Crippen LogP contribution in [-0.2, 0) is 36.8 Å². The predicted octanol–water partition coefficient (Wildman–Crippen LogP) is 21.4. The lowest BCUT2D eigenvalue weighted by molar-refractivity contribution is -0.0000300. The topological polar surface area (TPSA) is 171 Å². The molecule has 3 atom stereocenters. The summed E-state index contributed by atoms with van der Waals surface area (Å²) in [5.74, 6) is 3.75. The summed E-state index contributed by atoms with van der Waals surface area (Å²) in [6.45, 7) is 37.1. The number of unbranched alkanes of at least 4 members (excludes halogenated alkanes) is 12. The van der Waals surface area contributed by atoms with Crippen LogP contribution in [0.15, 0.2) is 0 Å². The van der Waals surface area contributed by atoms with Crippen LogP contribution in [0.25, 0.3) is 0 Å². The van der Waals surface area contributed by atoms with Gasteiger partial charge in [0.05, 0.1) is 6.26 Å². The Balaban J connectivity index is -0.0000000334. The number of rotatable bonds is 39. The Labute approximate surface area is 548 Å². The molecule has 0 aromatic rings. The van der Waals surface area contributed by atoms with Crippen LogP contribution in [0.5, 0.6) is 0 Å². The zero-order chi connectivity index (χ0) is 50.9. The van der Waals surface area contributed by atoms with E-state index in [4.69, 9.17) is 31.7 Å². The van der Waals surface area contributed by atoms with Crippen molar-refractivity contribution in [3.8, 4) is 0 Å². The monoisotopic (exact) mass is 1420 g/mol. The second-order valence-electron chi connectivity index (χ2n) is 22.3. The van der Waals surface area contributed by atoms with Crippen molar-refractivity contribution in [2.45, 2.75) is 361 Å². The van der Waals surface area contributed by atoms with Gasteiger partial charge in [-0.2, -0.15) is 0 Å². The highest BCUT2D eigenvalue weighted by atomic mass is 127. The minimum Gasteiger partial charge on any atom is -1.00 e. The smallest absolute Gasteiger partial charge is 0.324 e. The molecule has 0 amide bonds. The molecule has 81 heavy (non-hydrogen) atoms. The van der Waals surface area contributed by atoms with E-state index in [1.807, 2.05) is 21.3 Å². The molecule has 0 fully saturated rings. The van der Waals surface area contributed by atoms with Crippen LogP contribution in [0, 0.1) is 5.92 Å². The molecule has 0 rings (SSSR count). The van der Waals surface area contributed by atoms with Gasteiger partial charge in [-0.05, 0) is 151 Å². The summed E-state index contributed by atoms with van der Waals surface area (Å²) < 4.78 is 34.9. The SMILES string of the molecule is C.C.C.C.C.C.C.C.C.C.C.C.CCCCCCCCC(C)CCC[Si](C)(C)O[Si](C)(CCCN)OC.CCCCCCCC[S+](C)CCC[Si](C)(C)OC.CCCC[Si](C)(C)OC.CCCC[Si](C)(C)O[Si](C)(C)OC.[I-].[OH-].[OH-].[OH-]. The van der Waals surface area contributed by atoms with Gasteiger partial charge in [0.2, 0.25) is 0 Å². The zero-order valence-electron chi connectivity index (χ0n) is 50.2. The molecule has 0 aliphatic carbocycles. The van der Waals surface area contributed by atoms with Gasteiger partial charge in [0, 0.05) is 28.4 Å². The van der Waals surface area contributed by atoms with Crippen molar-refractivity contribution in [2.24, 2.45) is 11.7 Å². The molecule has 0 aliphatic rings. The highest BCUT2D eigenvalue weighted by molar-refractivity contribution is 7.96. The standard InChI is InChI=1S/C20H47NO2Si2.C15H35OSSi.C9H24O2Si2.C7H18OSi.12CH4.HI.3H2O/c1-7-8-9-10-11-12-15-20(2)16-13-18-24(4,5)23-25(6,22-3)19-14-17-21;1-6-7-8-9-10-11-13-17(3)14-12-15-18(4,5)16-2;1-7-8-9-12(3,4)11-13(5,6)10-2;1-5-6-7-9(3,4)8-2;;;;;;;;;;;;;;;;/h20H,7-19,21H2,1-6H3;6-15H2,1-5H3;7-9H2,1-6H3;5-7H2,1-4H3;12*1H4;1H;3*1H2/q;+1;;;;;;;;;;;;;;;;;;/p-4. The lowest BCUT2D eigenvalue weighted by atomic mass is 9.98. The van der Waals surface area contributed by atoms with Crippen LogP contribution in [0.3, 0.4) is 0 Å². The van der Waals surface area contributed by atoms with Gasteiger partial charge < -0.3 is 72.1 Å². The maximum atomic E-state index is 6.59. The third-order valence-corrected chi connectivity index (χ3v) is 34.4. The van der Waals surface area contributed by atoms with Crippen molar-refractivity contribution >= 4 is 61.3 Å². The molecule has 0 saturated heterocycles. The maximum Gasteiger partial charge on any atom is 0.324 e. The van der Waals surface area contributed by atoms with Crippen LogP contribution < -0.4 is 29.7 Å². The summed E-state index contributed by atoms with van der Waals surface area (Å²) in [6.07, 6.45) is 31.1. The van der Waals surface area contributed by atoms with Crippen molar-refractivity contribution in [3.05, 3.63) is 0 Å². The first-order chi connectivity index (χ1) is 30.2. The summed E-state index contributed by atoms with van der Waals surface area (Å²) in [7, 11) is -1.44. The quantitative estimate of drug-likeness (QED) is 0.0270. The Morgan fingerprint density at radius 3 is 1.02 bits per heavy atom. The number of nitrogens with two attached hydrogens (primary N) is 1. The molecule has 0 aliphatic heterocycles. The molecule has 0 saturated carbocycles. The lowest BCUT2D eigenvalue weighted by Crippen LogP contribution is -3.00. The molecule has 526 valence electrons. The van der Waals surface area contributed by atoms with Gasteiger partial charge in [-0.25, -0.2) is 0 Å². The molecule has 0 heterocycles. The average Bonchev–Trinajstić information content (AvgIpc) is 3.24. The summed E-state index contributed by atoms with van der Waals surface area (Å²) in [5.41, 5.74) is 5.66. The molecule has 0 spiro atoms. The predicted molar refractivity (Wildman–Crippen MR) is 401 cm³/mol. The van der Waals surface area contributed by atoms with Crippen molar-refractivity contribution < 1.29 is 66.3 Å². The normalized spacial score (nSPS) is 11.5. The first-order valence-corrected chi connectivity index (χ1v) is 46.9. The molecule has 0 aromatic carbocycles. The molecule has 0 radical (unpaired) electrons. The fourth-order valence-electron chi connectivity index (χ4n) is 7.69. The van der Waals surface area contributed by atoms with Gasteiger partial charge in [-0.1, -0.05) is 233 Å². The van der Waals surface area contributed by atoms with E-state index in [2.05, 4.69) is 113 Å². The first kappa shape index (κ1) is 141. The molecular weight excluding hydrogens is 1240 g/mol. The third kappa shape index (κ3) is 104. The van der Waals surface area contributed by atoms with E-state index < -0.39 is 50.4 Å². The van der Waals surface area contributed by atoms with Crippen molar-refractivity contribution in [1.29, 1.82) is 0 Å². The van der Waals surface area contributed by atoms with Crippen molar-refractivity contribution in [2.75, 3.05) is 52.7 Å². The van der Waals surface area contributed by atoms with Gasteiger partial charge in [0.15, 0.2) is 33.3 Å². The third-order valence-electron chi connectivity index (χ3n) is 12.8. The summed E-state index contributed by atoms with van der Waals surface area (Å²) in [6, 6.07) is 6.16. The minimum absolute atomic E-state index is 0. The molecule has 0 aromatic heterocycles. The van der Waals surface area contributed by atoms with E-state index in [-0.39, 0.29) is 130 Å². The van der Waals surface area contributed by atoms with E-state index in [0.717, 1.165) is 24.9 Å². The van der Waals surface area contributed by atoms with Crippen molar-refractivity contribution in [1.82, 2.24) is 0 Å². The number of hydrogen-bond acceptors (Lipinski definition) is 10. The molecule has 18 heteroatoms. The van der Waals surface area contributed by atoms with Gasteiger partial charge in [0.25, 0.3) is 0 Å². The lowest BCUT2D eigenvalue weighted by Gasteiger charge is -2.35. The van der Waals surface area contributed by atoms with Gasteiger partial charge >= 0.3 is 17.1 Å². The molecular formula is C63H175INO9SSi6-3. The maximum absolute atomic E-state index is 6.59. The van der Waals surface area contributed by atoms with E-state index in [1.165, 1.54) is 164 Å². The van der Waals surface area contributed by atoms with Crippen LogP contribution in [-0.4, -0.2) is 120 Å². The second kappa shape index (κ2) is 86.2. The average molecular weight is 1420 g/mol. The van der Waals surface area contributed by atoms with Gasteiger partial charge in [0.1, 0.15) is 11.5 Å². The fourth-order valence-corrected chi connectivity index (χ4v) is 27.3. The largest absolute Gasteiger partial charge is 1.00 e. The fraction of sp³-hybridized carbons (Fsp3) is 1.00. The van der Waals surface area contributed by atoms with E-state index >= 15 is 0 Å². The highest BCUT2D eigenvalue weighted by Crippen LogP contribution is 2.27. The highest BCUT2D eigenvalue weighted by Gasteiger charge is 2.37. The summed E-state index contributed by atoms with van der Waals surface area (Å²) >= 11 is 0. The van der Waals surface area contributed by atoms with Crippen molar-refractivity contribution in [3.63, 3.8) is 0 Å². The first-order valence-electron chi connectivity index (χ1n) is 27.1. The molecule has 10 nitrogen and oxygen atoms in total. The van der Waals surface area contributed by atoms with Gasteiger partial charge in [-0.3, -0.25) is 0 Å². The zero-order valence-corrected chi connectivity index (χ0v) is 59.2. The van der Waals surface area contributed by atoms with E-state index in [9.17, 15) is 0 Å². The van der Waals surface area contributed by atoms with Crippen LogP contribution >= 0.6 is 0 Å². The number of halogens is 1. The summed E-state index contributed by atoms with van der Waals surface area (Å²) in [5, 5.41) is 0. The van der Waals surface area contributed by atoms with E-state index in [0.29, 0.717) is 10.9 Å². The summed E-state index contributed by atoms with van der Waals surface area (Å²) in [4.78, 5) is 0. The Bertz CT molecular complexity index is 1040. The second-order valence-corrected chi connectivity index (χ2v) is 49.6. The molecule has 5 N–H and O–H groups in total. The van der Waals surface area contributed by atoms with E-state index in [1.54, 1.807) is 7.11 Å². The minimum atomic E-state index is -2.01. The van der Waals surface area contributed by atoms with Crippen LogP contribution in [0.2, 0.25) is 102 Å². The number of hydrogen-bond donors (Lipinski definition) is 1.